The summed E-state index contributed by atoms with van der Waals surface area (Å²) in [7, 11) is 0. The summed E-state index contributed by atoms with van der Waals surface area (Å²) in [6.45, 7) is 1.40. The zero-order chi connectivity index (χ0) is 9.14. The molecule has 0 spiro atoms. The molecular formula is C8H9NO3. The topological polar surface area (TPSA) is 70.4 Å². The minimum Gasteiger partial charge on any atom is -0.478 e. The molecule has 1 heterocycles. The summed E-state index contributed by atoms with van der Waals surface area (Å²) in [5.41, 5.74) is 0.967. The Kier molecular flexibility index (Phi) is 2.40. The SMILES string of the molecule is Cc1ccc(C(=O)O)c(CO)n1. The molecule has 0 saturated heterocycles. The van der Waals surface area contributed by atoms with Crippen LogP contribution in [0.3, 0.4) is 0 Å². The highest BCUT2D eigenvalue weighted by Gasteiger charge is 2.09. The molecule has 0 radical (unpaired) electrons. The Morgan fingerprint density at radius 2 is 2.25 bits per heavy atom. The van der Waals surface area contributed by atoms with Gasteiger partial charge in [0.1, 0.15) is 0 Å². The van der Waals surface area contributed by atoms with Gasteiger partial charge >= 0.3 is 5.97 Å². The van der Waals surface area contributed by atoms with Crippen molar-refractivity contribution in [1.29, 1.82) is 0 Å². The Hall–Kier alpha value is -1.42. The third kappa shape index (κ3) is 1.60. The highest BCUT2D eigenvalue weighted by atomic mass is 16.4. The number of aryl methyl sites for hydroxylation is 1. The van der Waals surface area contributed by atoms with Gasteiger partial charge in [-0.25, -0.2) is 4.79 Å². The number of nitrogens with zero attached hydrogens (tertiary/aromatic N) is 1. The predicted octanol–water partition coefficient (Wildman–Crippen LogP) is 0.581. The largest absolute Gasteiger partial charge is 0.478 e. The minimum atomic E-state index is -1.06. The van der Waals surface area contributed by atoms with Crippen LogP contribution in [0.2, 0.25) is 0 Å². The van der Waals surface area contributed by atoms with Crippen molar-refractivity contribution in [3.8, 4) is 0 Å². The standard InChI is InChI=1S/C8H9NO3/c1-5-2-3-6(8(11)12)7(4-10)9-5/h2-3,10H,4H2,1H3,(H,11,12). The molecule has 12 heavy (non-hydrogen) atoms. The first kappa shape index (κ1) is 8.67. The number of aromatic carboxylic acids is 1. The van der Waals surface area contributed by atoms with Crippen LogP contribution < -0.4 is 0 Å². The predicted molar refractivity (Wildman–Crippen MR) is 41.9 cm³/mol. The van der Waals surface area contributed by atoms with Crippen molar-refractivity contribution < 1.29 is 15.0 Å². The van der Waals surface area contributed by atoms with Gasteiger partial charge in [0.15, 0.2) is 0 Å². The molecule has 0 aromatic carbocycles. The fourth-order valence-electron chi connectivity index (χ4n) is 0.926. The lowest BCUT2D eigenvalue weighted by molar-refractivity contribution is 0.0692. The average molecular weight is 167 g/mol. The first-order chi connectivity index (χ1) is 5.65. The van der Waals surface area contributed by atoms with E-state index in [0.717, 1.165) is 0 Å². The second-order valence-electron chi connectivity index (χ2n) is 2.41. The number of hydrogen-bond donors (Lipinski definition) is 2. The maximum atomic E-state index is 10.5. The number of carboxylic acids is 1. The summed E-state index contributed by atoms with van der Waals surface area (Å²) < 4.78 is 0. The highest BCUT2D eigenvalue weighted by Crippen LogP contribution is 2.07. The first-order valence-electron chi connectivity index (χ1n) is 3.46. The van der Waals surface area contributed by atoms with Gasteiger partial charge in [0.05, 0.1) is 17.9 Å². The van der Waals surface area contributed by atoms with E-state index >= 15 is 0 Å². The Morgan fingerprint density at radius 1 is 1.58 bits per heavy atom. The van der Waals surface area contributed by atoms with Crippen molar-refractivity contribution in [2.45, 2.75) is 13.5 Å². The van der Waals surface area contributed by atoms with Gasteiger partial charge in [0, 0.05) is 5.69 Å². The Morgan fingerprint density at radius 3 is 2.75 bits per heavy atom. The van der Waals surface area contributed by atoms with E-state index < -0.39 is 5.97 Å². The number of carbonyl (C=O) groups is 1. The van der Waals surface area contributed by atoms with Crippen molar-refractivity contribution in [2.24, 2.45) is 0 Å². The van der Waals surface area contributed by atoms with Crippen LogP contribution in [0.1, 0.15) is 21.7 Å². The lowest BCUT2D eigenvalue weighted by Gasteiger charge is -2.01. The first-order valence-corrected chi connectivity index (χ1v) is 3.46. The summed E-state index contributed by atoms with van der Waals surface area (Å²) in [6, 6.07) is 3.04. The van der Waals surface area contributed by atoms with Gasteiger partial charge in [-0.05, 0) is 19.1 Å². The minimum absolute atomic E-state index is 0.0584. The van der Waals surface area contributed by atoms with Crippen LogP contribution in [0.4, 0.5) is 0 Å². The van der Waals surface area contributed by atoms with Gasteiger partial charge in [-0.2, -0.15) is 0 Å². The van der Waals surface area contributed by atoms with Crippen molar-refractivity contribution >= 4 is 5.97 Å². The van der Waals surface area contributed by atoms with Crippen LogP contribution in [0, 0.1) is 6.92 Å². The van der Waals surface area contributed by atoms with Crippen molar-refractivity contribution in [1.82, 2.24) is 4.98 Å². The van der Waals surface area contributed by atoms with E-state index in [1.165, 1.54) is 6.07 Å². The smallest absolute Gasteiger partial charge is 0.337 e. The molecule has 1 aromatic rings. The molecule has 0 aliphatic heterocycles. The molecule has 0 unspecified atom stereocenters. The zero-order valence-corrected chi connectivity index (χ0v) is 6.61. The molecule has 1 rings (SSSR count). The summed E-state index contributed by atoms with van der Waals surface area (Å²) in [5.74, 6) is -1.06. The Labute approximate surface area is 69.5 Å². The number of aliphatic hydroxyl groups excluding tert-OH is 1. The number of aliphatic hydroxyl groups is 1. The summed E-state index contributed by atoms with van der Waals surface area (Å²) >= 11 is 0. The normalized spacial score (nSPS) is 9.83. The third-order valence-corrected chi connectivity index (χ3v) is 1.49. The molecule has 0 bridgehead atoms. The van der Waals surface area contributed by atoms with Crippen LogP contribution in [0.15, 0.2) is 12.1 Å². The quantitative estimate of drug-likeness (QED) is 0.675. The van der Waals surface area contributed by atoms with Crippen molar-refractivity contribution in [2.75, 3.05) is 0 Å². The van der Waals surface area contributed by atoms with E-state index in [1.54, 1.807) is 13.0 Å². The molecular weight excluding hydrogens is 158 g/mol. The summed E-state index contributed by atoms with van der Waals surface area (Å²) in [5, 5.41) is 17.4. The van der Waals surface area contributed by atoms with Crippen molar-refractivity contribution in [3.63, 3.8) is 0 Å². The van der Waals surface area contributed by atoms with Gasteiger partial charge in [-0.15, -0.1) is 0 Å². The lowest BCUT2D eigenvalue weighted by atomic mass is 10.2. The monoisotopic (exact) mass is 167 g/mol. The summed E-state index contributed by atoms with van der Waals surface area (Å²) in [4.78, 5) is 14.4. The second kappa shape index (κ2) is 3.32. The van der Waals surface area contributed by atoms with Gasteiger partial charge in [-0.1, -0.05) is 0 Å². The molecule has 1 aromatic heterocycles. The second-order valence-corrected chi connectivity index (χ2v) is 2.41. The molecule has 0 aliphatic rings. The lowest BCUT2D eigenvalue weighted by Crippen LogP contribution is -2.05. The molecule has 0 atom stereocenters. The van der Waals surface area contributed by atoms with Crippen LogP contribution in [0.25, 0.3) is 0 Å². The van der Waals surface area contributed by atoms with E-state index in [-0.39, 0.29) is 17.9 Å². The fraction of sp³-hybridized carbons (Fsp3) is 0.250. The van der Waals surface area contributed by atoms with Crippen molar-refractivity contribution in [3.05, 3.63) is 29.1 Å². The van der Waals surface area contributed by atoms with E-state index in [0.29, 0.717) is 5.69 Å². The van der Waals surface area contributed by atoms with Crippen LogP contribution in [-0.4, -0.2) is 21.2 Å². The molecule has 4 nitrogen and oxygen atoms in total. The number of rotatable bonds is 2. The molecule has 0 amide bonds. The van der Waals surface area contributed by atoms with E-state index in [2.05, 4.69) is 4.98 Å². The van der Waals surface area contributed by atoms with Gasteiger partial charge in [0.2, 0.25) is 0 Å². The van der Waals surface area contributed by atoms with Gasteiger partial charge in [-0.3, -0.25) is 4.98 Å². The third-order valence-electron chi connectivity index (χ3n) is 1.49. The maximum absolute atomic E-state index is 10.5. The fourth-order valence-corrected chi connectivity index (χ4v) is 0.926. The van der Waals surface area contributed by atoms with Crippen LogP contribution >= 0.6 is 0 Å². The molecule has 64 valence electrons. The number of aromatic nitrogens is 1. The van der Waals surface area contributed by atoms with Crippen LogP contribution in [0.5, 0.6) is 0 Å². The molecule has 0 aliphatic carbocycles. The van der Waals surface area contributed by atoms with E-state index in [4.69, 9.17) is 10.2 Å². The molecule has 4 heteroatoms. The van der Waals surface area contributed by atoms with Gasteiger partial charge in [0.25, 0.3) is 0 Å². The van der Waals surface area contributed by atoms with Crippen LogP contribution in [-0.2, 0) is 6.61 Å². The summed E-state index contributed by atoms with van der Waals surface area (Å²) in [6.07, 6.45) is 0. The highest BCUT2D eigenvalue weighted by molar-refractivity contribution is 5.88. The molecule has 2 N–H and O–H groups in total. The Balaban J connectivity index is 3.20. The Bertz CT molecular complexity index is 309. The molecule has 0 saturated carbocycles. The van der Waals surface area contributed by atoms with E-state index in [1.807, 2.05) is 0 Å². The van der Waals surface area contributed by atoms with Gasteiger partial charge < -0.3 is 10.2 Å². The maximum Gasteiger partial charge on any atom is 0.337 e. The number of carboxylic acid groups (broad SMARTS) is 1. The zero-order valence-electron chi connectivity index (χ0n) is 6.61. The number of pyridine rings is 1. The van der Waals surface area contributed by atoms with E-state index in [9.17, 15) is 4.79 Å². The molecule has 0 fully saturated rings. The number of hydrogen-bond acceptors (Lipinski definition) is 3. The average Bonchev–Trinajstić information content (AvgIpc) is 2.03.